The number of nitrogens with one attached hydrogen (secondary N) is 1. The lowest BCUT2D eigenvalue weighted by atomic mass is 10.1. The van der Waals surface area contributed by atoms with E-state index in [2.05, 4.69) is 10.5 Å². The van der Waals surface area contributed by atoms with Crippen LogP contribution in [0.15, 0.2) is 62.8 Å². The summed E-state index contributed by atoms with van der Waals surface area (Å²) in [5.74, 6) is 0.0339. The lowest BCUT2D eigenvalue weighted by Crippen LogP contribution is -2.24. The maximum Gasteiger partial charge on any atom is 0.336 e. The highest BCUT2D eigenvalue weighted by molar-refractivity contribution is 5.84. The van der Waals surface area contributed by atoms with Crippen LogP contribution < -0.4 is 20.7 Å². The predicted octanol–water partition coefficient (Wildman–Crippen LogP) is 2.70. The third kappa shape index (κ3) is 4.76. The molecular weight excluding hydrogens is 358 g/mol. The van der Waals surface area contributed by atoms with Crippen molar-refractivity contribution >= 4 is 28.8 Å². The van der Waals surface area contributed by atoms with E-state index in [4.69, 9.17) is 9.15 Å². The third-order valence-corrected chi connectivity index (χ3v) is 4.11. The van der Waals surface area contributed by atoms with Crippen LogP contribution in [0.5, 0.6) is 5.75 Å². The lowest BCUT2D eigenvalue weighted by Gasteiger charge is -2.11. The molecule has 0 fully saturated rings. The maximum atomic E-state index is 11.9. The third-order valence-electron chi connectivity index (χ3n) is 4.11. The van der Waals surface area contributed by atoms with Gasteiger partial charge in [-0.25, -0.2) is 10.2 Å². The molecule has 1 heterocycles. The number of ether oxygens (including phenoxy) is 1. The summed E-state index contributed by atoms with van der Waals surface area (Å²) in [5, 5.41) is 4.74. The highest BCUT2D eigenvalue weighted by Gasteiger charge is 2.06. The molecule has 0 spiro atoms. The molecule has 28 heavy (non-hydrogen) atoms. The van der Waals surface area contributed by atoms with Crippen LogP contribution in [0.2, 0.25) is 0 Å². The lowest BCUT2D eigenvalue weighted by molar-refractivity contribution is -0.123. The predicted molar refractivity (Wildman–Crippen MR) is 109 cm³/mol. The minimum Gasteiger partial charge on any atom is -0.484 e. The Labute approximate surface area is 162 Å². The highest BCUT2D eigenvalue weighted by atomic mass is 16.5. The molecule has 144 valence electrons. The van der Waals surface area contributed by atoms with E-state index in [1.54, 1.807) is 24.4 Å². The normalized spacial score (nSPS) is 11.0. The van der Waals surface area contributed by atoms with Gasteiger partial charge in [0.05, 0.1) is 6.21 Å². The maximum absolute atomic E-state index is 11.9. The van der Waals surface area contributed by atoms with E-state index < -0.39 is 11.5 Å². The van der Waals surface area contributed by atoms with Crippen molar-refractivity contribution in [1.29, 1.82) is 0 Å². The van der Waals surface area contributed by atoms with E-state index in [1.165, 1.54) is 6.07 Å². The minimum atomic E-state index is -0.423. The molecule has 3 rings (SSSR count). The van der Waals surface area contributed by atoms with Crippen LogP contribution in [-0.4, -0.2) is 32.8 Å². The fourth-order valence-electron chi connectivity index (χ4n) is 2.61. The summed E-state index contributed by atoms with van der Waals surface area (Å²) in [6, 6.07) is 14.3. The number of benzene rings is 2. The van der Waals surface area contributed by atoms with Gasteiger partial charge in [0.25, 0.3) is 5.91 Å². The molecule has 0 radical (unpaired) electrons. The molecule has 0 unspecified atom stereocenters. The first-order chi connectivity index (χ1) is 13.4. The molecule has 1 aromatic heterocycles. The van der Waals surface area contributed by atoms with Crippen LogP contribution in [-0.2, 0) is 4.79 Å². The van der Waals surface area contributed by atoms with Crippen LogP contribution in [0.1, 0.15) is 11.1 Å². The van der Waals surface area contributed by atoms with Gasteiger partial charge in [-0.1, -0.05) is 12.1 Å². The van der Waals surface area contributed by atoms with Crippen LogP contribution in [0, 0.1) is 6.92 Å². The van der Waals surface area contributed by atoms with Gasteiger partial charge in [-0.05, 0) is 42.3 Å². The Balaban J connectivity index is 1.55. The van der Waals surface area contributed by atoms with E-state index in [1.807, 2.05) is 50.2 Å². The Morgan fingerprint density at radius 3 is 2.64 bits per heavy atom. The number of carbonyl (C=O) groups excluding carboxylic acids is 1. The van der Waals surface area contributed by atoms with Crippen LogP contribution in [0.3, 0.4) is 0 Å². The molecule has 7 nitrogen and oxygen atoms in total. The van der Waals surface area contributed by atoms with Crippen LogP contribution >= 0.6 is 0 Å². The van der Waals surface area contributed by atoms with Gasteiger partial charge in [0.15, 0.2) is 6.61 Å². The summed E-state index contributed by atoms with van der Waals surface area (Å²) in [7, 11) is 3.93. The number of hydrazone groups is 1. The number of anilines is 1. The topological polar surface area (TPSA) is 84.1 Å². The van der Waals surface area contributed by atoms with E-state index in [-0.39, 0.29) is 6.61 Å². The molecule has 0 saturated carbocycles. The Hall–Kier alpha value is -3.61. The molecule has 7 heteroatoms. The zero-order valence-electron chi connectivity index (χ0n) is 15.9. The van der Waals surface area contributed by atoms with E-state index in [0.717, 1.165) is 22.2 Å². The van der Waals surface area contributed by atoms with Gasteiger partial charge in [-0.3, -0.25) is 4.79 Å². The van der Waals surface area contributed by atoms with Crippen molar-refractivity contribution in [2.75, 3.05) is 25.6 Å². The van der Waals surface area contributed by atoms with E-state index in [9.17, 15) is 9.59 Å². The molecule has 0 saturated heterocycles. The zero-order valence-corrected chi connectivity index (χ0v) is 15.9. The molecule has 2 aromatic carbocycles. The number of nitrogens with zero attached hydrogens (tertiary/aromatic N) is 2. The minimum absolute atomic E-state index is 0.210. The van der Waals surface area contributed by atoms with Crippen molar-refractivity contribution in [2.24, 2.45) is 5.10 Å². The van der Waals surface area contributed by atoms with Crippen molar-refractivity contribution in [3.05, 3.63) is 70.1 Å². The molecule has 0 aliphatic rings. The van der Waals surface area contributed by atoms with Crippen LogP contribution in [0.4, 0.5) is 5.69 Å². The van der Waals surface area contributed by atoms with Gasteiger partial charge in [-0.15, -0.1) is 0 Å². The summed E-state index contributed by atoms with van der Waals surface area (Å²) in [5.41, 5.74) is 5.18. The van der Waals surface area contributed by atoms with Gasteiger partial charge in [-0.2, -0.15) is 5.10 Å². The SMILES string of the molecule is Cc1cc(=O)oc2cc(OCC(=O)N/N=C/c3ccc(N(C)C)cc3)ccc12. The molecule has 0 aliphatic carbocycles. The molecule has 1 N–H and O–H groups in total. The average Bonchev–Trinajstić information content (AvgIpc) is 2.66. The smallest absolute Gasteiger partial charge is 0.336 e. The standard InChI is InChI=1S/C21H21N3O4/c1-14-10-21(26)28-19-11-17(8-9-18(14)19)27-13-20(25)23-22-12-15-4-6-16(7-5-15)24(2)3/h4-12H,13H2,1-3H3,(H,23,25)/b22-12+. The number of carbonyl (C=O) groups is 1. The van der Waals surface area contributed by atoms with Crippen molar-refractivity contribution in [3.63, 3.8) is 0 Å². The summed E-state index contributed by atoms with van der Waals surface area (Å²) >= 11 is 0. The second-order valence-electron chi connectivity index (χ2n) is 6.47. The number of amides is 1. The first-order valence-electron chi connectivity index (χ1n) is 8.69. The van der Waals surface area contributed by atoms with Gasteiger partial charge < -0.3 is 14.1 Å². The first-order valence-corrected chi connectivity index (χ1v) is 8.69. The van der Waals surface area contributed by atoms with Gasteiger partial charge in [0.1, 0.15) is 11.3 Å². The number of fused-ring (bicyclic) bond motifs is 1. The van der Waals surface area contributed by atoms with Crippen molar-refractivity contribution < 1.29 is 13.9 Å². The zero-order chi connectivity index (χ0) is 20.1. The number of hydrogen-bond acceptors (Lipinski definition) is 6. The monoisotopic (exact) mass is 379 g/mol. The Kier molecular flexibility index (Phi) is 5.74. The van der Waals surface area contributed by atoms with E-state index in [0.29, 0.717) is 11.3 Å². The number of hydrogen-bond donors (Lipinski definition) is 1. The Bertz CT molecular complexity index is 1070. The van der Waals surface area contributed by atoms with Crippen molar-refractivity contribution in [1.82, 2.24) is 5.43 Å². The second-order valence-corrected chi connectivity index (χ2v) is 6.47. The quantitative estimate of drug-likeness (QED) is 0.404. The average molecular weight is 379 g/mol. The largest absolute Gasteiger partial charge is 0.484 e. The van der Waals surface area contributed by atoms with Gasteiger partial charge in [0, 0.05) is 37.3 Å². The molecular formula is C21H21N3O4. The second kappa shape index (κ2) is 8.39. The first kappa shape index (κ1) is 19.2. The molecule has 3 aromatic rings. The number of aryl methyl sites for hydroxylation is 1. The summed E-state index contributed by atoms with van der Waals surface area (Å²) in [6.45, 7) is 1.62. The van der Waals surface area contributed by atoms with E-state index >= 15 is 0 Å². The fraction of sp³-hybridized carbons (Fsp3) is 0.190. The summed E-state index contributed by atoms with van der Waals surface area (Å²) in [6.07, 6.45) is 1.56. The number of rotatable bonds is 6. The summed E-state index contributed by atoms with van der Waals surface area (Å²) in [4.78, 5) is 25.4. The van der Waals surface area contributed by atoms with Gasteiger partial charge >= 0.3 is 5.63 Å². The van der Waals surface area contributed by atoms with Crippen LogP contribution in [0.25, 0.3) is 11.0 Å². The molecule has 0 bridgehead atoms. The molecule has 0 aliphatic heterocycles. The van der Waals surface area contributed by atoms with Gasteiger partial charge in [0.2, 0.25) is 0 Å². The Morgan fingerprint density at radius 1 is 1.18 bits per heavy atom. The Morgan fingerprint density at radius 2 is 1.93 bits per heavy atom. The highest BCUT2D eigenvalue weighted by Crippen LogP contribution is 2.22. The molecule has 1 amide bonds. The summed E-state index contributed by atoms with van der Waals surface area (Å²) < 4.78 is 10.6. The van der Waals surface area contributed by atoms with Crippen molar-refractivity contribution in [3.8, 4) is 5.75 Å². The molecule has 0 atom stereocenters. The van der Waals surface area contributed by atoms with Crippen molar-refractivity contribution in [2.45, 2.75) is 6.92 Å². The fourth-order valence-corrected chi connectivity index (χ4v) is 2.61.